The Hall–Kier alpha value is -2.03. The topological polar surface area (TPSA) is 49.6 Å². The largest absolute Gasteiger partial charge is 0.223 e. The molecule has 2 aromatic heterocycles. The molecule has 3 aromatic rings. The Morgan fingerprint density at radius 2 is 2.11 bits per heavy atom. The van der Waals surface area contributed by atoms with Crippen molar-refractivity contribution in [3.05, 3.63) is 46.3 Å². The van der Waals surface area contributed by atoms with Crippen LogP contribution in [0.5, 0.6) is 0 Å². The quantitative estimate of drug-likeness (QED) is 0.636. The number of halogens is 2. The van der Waals surface area contributed by atoms with Crippen LogP contribution in [-0.2, 0) is 0 Å². The SMILES string of the molecule is N#Cc1ccc(-c2nc(Cl)nc3ccsc23)cc1F. The van der Waals surface area contributed by atoms with Crippen LogP contribution in [0.2, 0.25) is 5.28 Å². The highest BCUT2D eigenvalue weighted by atomic mass is 35.5. The van der Waals surface area contributed by atoms with Gasteiger partial charge in [-0.3, -0.25) is 0 Å². The van der Waals surface area contributed by atoms with Gasteiger partial charge >= 0.3 is 0 Å². The normalized spacial score (nSPS) is 10.6. The predicted molar refractivity (Wildman–Crippen MR) is 72.5 cm³/mol. The van der Waals surface area contributed by atoms with Crippen LogP contribution in [0.1, 0.15) is 5.56 Å². The first-order chi connectivity index (χ1) is 9.19. The average molecular weight is 290 g/mol. The molecule has 6 heteroatoms. The molecule has 0 fully saturated rings. The number of rotatable bonds is 1. The van der Waals surface area contributed by atoms with Crippen LogP contribution >= 0.6 is 22.9 Å². The Morgan fingerprint density at radius 1 is 1.26 bits per heavy atom. The minimum atomic E-state index is -0.570. The molecule has 92 valence electrons. The molecule has 0 aliphatic rings. The van der Waals surface area contributed by atoms with Gasteiger partial charge in [0.05, 0.1) is 21.5 Å². The molecule has 0 radical (unpaired) electrons. The number of thiophene rings is 1. The van der Waals surface area contributed by atoms with Crippen molar-refractivity contribution >= 4 is 33.2 Å². The number of nitriles is 1. The number of hydrogen-bond donors (Lipinski definition) is 0. The van der Waals surface area contributed by atoms with E-state index in [2.05, 4.69) is 9.97 Å². The van der Waals surface area contributed by atoms with Crippen molar-refractivity contribution in [3.8, 4) is 17.3 Å². The van der Waals surface area contributed by atoms with Gasteiger partial charge in [0, 0.05) is 5.56 Å². The van der Waals surface area contributed by atoms with Crippen molar-refractivity contribution in [1.82, 2.24) is 9.97 Å². The molecule has 0 saturated carbocycles. The van der Waals surface area contributed by atoms with Crippen LogP contribution in [0.25, 0.3) is 21.5 Å². The van der Waals surface area contributed by atoms with Crippen molar-refractivity contribution in [1.29, 1.82) is 5.26 Å². The Labute approximate surface area is 116 Å². The highest BCUT2D eigenvalue weighted by molar-refractivity contribution is 7.17. The van der Waals surface area contributed by atoms with E-state index < -0.39 is 5.82 Å². The fraction of sp³-hybridized carbons (Fsp3) is 0. The van der Waals surface area contributed by atoms with E-state index in [0.717, 1.165) is 10.2 Å². The van der Waals surface area contributed by atoms with Crippen molar-refractivity contribution in [3.63, 3.8) is 0 Å². The number of aromatic nitrogens is 2. The van der Waals surface area contributed by atoms with E-state index in [0.29, 0.717) is 11.3 Å². The van der Waals surface area contributed by atoms with E-state index in [1.165, 1.54) is 23.5 Å². The molecule has 19 heavy (non-hydrogen) atoms. The van der Waals surface area contributed by atoms with E-state index in [9.17, 15) is 4.39 Å². The maximum absolute atomic E-state index is 13.7. The summed E-state index contributed by atoms with van der Waals surface area (Å²) in [6.07, 6.45) is 0. The summed E-state index contributed by atoms with van der Waals surface area (Å²) < 4.78 is 14.5. The number of benzene rings is 1. The summed E-state index contributed by atoms with van der Waals surface area (Å²) in [6.45, 7) is 0. The van der Waals surface area contributed by atoms with E-state index in [4.69, 9.17) is 16.9 Å². The fourth-order valence-corrected chi connectivity index (χ4v) is 2.80. The molecule has 0 atom stereocenters. The zero-order valence-electron chi connectivity index (χ0n) is 9.39. The summed E-state index contributed by atoms with van der Waals surface area (Å²) in [5, 5.41) is 10.7. The van der Waals surface area contributed by atoms with Crippen LogP contribution in [-0.4, -0.2) is 9.97 Å². The van der Waals surface area contributed by atoms with Crippen molar-refractivity contribution in [2.24, 2.45) is 0 Å². The summed E-state index contributed by atoms with van der Waals surface area (Å²) in [5.74, 6) is -0.570. The molecule has 0 N–H and O–H groups in total. The molecule has 0 aliphatic heterocycles. The lowest BCUT2D eigenvalue weighted by Gasteiger charge is -2.04. The van der Waals surface area contributed by atoms with Crippen LogP contribution in [0, 0.1) is 17.1 Å². The Balaban J connectivity index is 2.27. The van der Waals surface area contributed by atoms with Crippen LogP contribution in [0.4, 0.5) is 4.39 Å². The molecular formula is C13H5ClFN3S. The second-order valence-electron chi connectivity index (χ2n) is 3.78. The van der Waals surface area contributed by atoms with Crippen LogP contribution < -0.4 is 0 Å². The van der Waals surface area contributed by atoms with Gasteiger partial charge in [-0.15, -0.1) is 11.3 Å². The Bertz CT molecular complexity index is 822. The van der Waals surface area contributed by atoms with Crippen molar-refractivity contribution < 1.29 is 4.39 Å². The molecule has 1 aromatic carbocycles. The van der Waals surface area contributed by atoms with Gasteiger partial charge in [0.2, 0.25) is 5.28 Å². The van der Waals surface area contributed by atoms with Gasteiger partial charge in [-0.05, 0) is 35.2 Å². The summed E-state index contributed by atoms with van der Waals surface area (Å²) in [4.78, 5) is 8.25. The molecule has 0 amide bonds. The van der Waals surface area contributed by atoms with Crippen LogP contribution in [0.3, 0.4) is 0 Å². The third-order valence-corrected chi connectivity index (χ3v) is 3.72. The maximum atomic E-state index is 13.7. The first-order valence-corrected chi connectivity index (χ1v) is 6.55. The molecule has 0 unspecified atom stereocenters. The van der Waals surface area contributed by atoms with Crippen molar-refractivity contribution in [2.75, 3.05) is 0 Å². The summed E-state index contributed by atoms with van der Waals surface area (Å²) in [7, 11) is 0. The lowest BCUT2D eigenvalue weighted by Crippen LogP contribution is -1.91. The molecule has 3 rings (SSSR count). The van der Waals surface area contributed by atoms with Crippen molar-refractivity contribution in [2.45, 2.75) is 0 Å². The zero-order chi connectivity index (χ0) is 13.4. The predicted octanol–water partition coefficient (Wildman–Crippen LogP) is 4.02. The summed E-state index contributed by atoms with van der Waals surface area (Å²) in [5.41, 5.74) is 1.89. The first kappa shape index (κ1) is 12.0. The van der Waals surface area contributed by atoms with Gasteiger partial charge < -0.3 is 0 Å². The monoisotopic (exact) mass is 289 g/mol. The Kier molecular flexibility index (Phi) is 2.90. The molecule has 2 heterocycles. The molecule has 0 bridgehead atoms. The molecule has 3 nitrogen and oxygen atoms in total. The van der Waals surface area contributed by atoms with E-state index in [1.54, 1.807) is 12.1 Å². The summed E-state index contributed by atoms with van der Waals surface area (Å²) in [6, 6.07) is 7.99. The second kappa shape index (κ2) is 4.57. The third-order valence-electron chi connectivity index (χ3n) is 2.64. The number of nitrogens with zero attached hydrogens (tertiary/aromatic N) is 3. The minimum absolute atomic E-state index is 0.00586. The van der Waals surface area contributed by atoms with Gasteiger partial charge in [0.15, 0.2) is 0 Å². The minimum Gasteiger partial charge on any atom is -0.217 e. The maximum Gasteiger partial charge on any atom is 0.223 e. The van der Waals surface area contributed by atoms with E-state index in [-0.39, 0.29) is 10.8 Å². The fourth-order valence-electron chi connectivity index (χ4n) is 1.78. The van der Waals surface area contributed by atoms with E-state index in [1.807, 2.05) is 11.4 Å². The van der Waals surface area contributed by atoms with Gasteiger partial charge in [-0.2, -0.15) is 5.26 Å². The second-order valence-corrected chi connectivity index (χ2v) is 5.04. The first-order valence-electron chi connectivity index (χ1n) is 5.30. The van der Waals surface area contributed by atoms with Crippen LogP contribution in [0.15, 0.2) is 29.6 Å². The lowest BCUT2D eigenvalue weighted by molar-refractivity contribution is 0.624. The standard InChI is InChI=1S/C13H5ClFN3S/c14-13-17-10-3-4-19-12(10)11(18-13)7-1-2-8(6-16)9(15)5-7/h1-5H. The molecule has 0 aliphatic carbocycles. The zero-order valence-corrected chi connectivity index (χ0v) is 11.0. The van der Waals surface area contributed by atoms with Gasteiger partial charge in [0.1, 0.15) is 11.9 Å². The summed E-state index contributed by atoms with van der Waals surface area (Å²) >= 11 is 7.33. The smallest absolute Gasteiger partial charge is 0.217 e. The highest BCUT2D eigenvalue weighted by Crippen LogP contribution is 2.31. The number of fused-ring (bicyclic) bond motifs is 1. The van der Waals surface area contributed by atoms with E-state index >= 15 is 0 Å². The molecule has 0 spiro atoms. The third kappa shape index (κ3) is 2.05. The van der Waals surface area contributed by atoms with Gasteiger partial charge in [-0.1, -0.05) is 6.07 Å². The average Bonchev–Trinajstić information content (AvgIpc) is 2.85. The van der Waals surface area contributed by atoms with Gasteiger partial charge in [0.25, 0.3) is 0 Å². The lowest BCUT2D eigenvalue weighted by atomic mass is 10.1. The molecular weight excluding hydrogens is 285 g/mol. The highest BCUT2D eigenvalue weighted by Gasteiger charge is 2.12. The molecule has 0 saturated heterocycles. The number of hydrogen-bond acceptors (Lipinski definition) is 4. The van der Waals surface area contributed by atoms with Gasteiger partial charge in [-0.25, -0.2) is 14.4 Å². The Morgan fingerprint density at radius 3 is 2.84 bits per heavy atom.